The molecule has 2 heteroatoms. The molecule has 0 fully saturated rings. The second kappa shape index (κ2) is 5.71. The van der Waals surface area contributed by atoms with Crippen LogP contribution < -0.4 is 11.5 Å². The highest BCUT2D eigenvalue weighted by atomic mass is 15.0. The van der Waals surface area contributed by atoms with Crippen LogP contribution in [-0.4, -0.2) is 11.1 Å². The molecule has 0 aliphatic rings. The van der Waals surface area contributed by atoms with Crippen molar-refractivity contribution in [2.45, 2.75) is 72.9 Å². The van der Waals surface area contributed by atoms with Crippen molar-refractivity contribution in [2.75, 3.05) is 0 Å². The molecule has 0 aliphatic heterocycles. The molecule has 17 heavy (non-hydrogen) atoms. The third kappa shape index (κ3) is 3.03. The van der Waals surface area contributed by atoms with Crippen LogP contribution >= 0.6 is 0 Å². The topological polar surface area (TPSA) is 52.0 Å². The Kier molecular flexibility index (Phi) is 5.68. The zero-order valence-corrected chi connectivity index (χ0v) is 13.2. The van der Waals surface area contributed by atoms with Crippen molar-refractivity contribution in [3.8, 4) is 0 Å². The molecule has 2 nitrogen and oxygen atoms in total. The predicted octanol–water partition coefficient (Wildman–Crippen LogP) is 3.40. The van der Waals surface area contributed by atoms with Crippen LogP contribution in [0.1, 0.15) is 61.8 Å². The van der Waals surface area contributed by atoms with Gasteiger partial charge in [0.25, 0.3) is 0 Å². The first-order valence-electron chi connectivity index (χ1n) is 7.07. The average Bonchev–Trinajstić information content (AvgIpc) is 2.13. The molecule has 0 aromatic rings. The van der Waals surface area contributed by atoms with Crippen molar-refractivity contribution < 1.29 is 0 Å². The van der Waals surface area contributed by atoms with E-state index in [9.17, 15) is 0 Å². The summed E-state index contributed by atoms with van der Waals surface area (Å²) in [7, 11) is 0. The van der Waals surface area contributed by atoms with Gasteiger partial charge >= 0.3 is 0 Å². The standard InChI is InChI=1S/C15H34N2/c1-10(2)9-14(16,11(3)4)15(17,12(5)6)13(7)8/h10-13H,9,16-17H2,1-8H3. The second-order valence-electron chi connectivity index (χ2n) is 7.04. The molecule has 0 radical (unpaired) electrons. The maximum Gasteiger partial charge on any atom is 0.0386 e. The third-order valence-electron chi connectivity index (χ3n) is 4.49. The van der Waals surface area contributed by atoms with Crippen molar-refractivity contribution in [3.63, 3.8) is 0 Å². The molecule has 1 atom stereocenters. The molecule has 0 saturated heterocycles. The Morgan fingerprint density at radius 1 is 0.706 bits per heavy atom. The van der Waals surface area contributed by atoms with Gasteiger partial charge < -0.3 is 11.5 Å². The molecular formula is C15H34N2. The zero-order valence-electron chi connectivity index (χ0n) is 13.2. The van der Waals surface area contributed by atoms with Crippen molar-refractivity contribution in [3.05, 3.63) is 0 Å². The summed E-state index contributed by atoms with van der Waals surface area (Å²) in [6.45, 7) is 17.7. The smallest absolute Gasteiger partial charge is 0.0386 e. The van der Waals surface area contributed by atoms with Crippen molar-refractivity contribution in [2.24, 2.45) is 35.1 Å². The molecule has 0 bridgehead atoms. The van der Waals surface area contributed by atoms with Crippen LogP contribution in [0, 0.1) is 23.7 Å². The predicted molar refractivity (Wildman–Crippen MR) is 77.8 cm³/mol. The summed E-state index contributed by atoms with van der Waals surface area (Å²) in [6, 6.07) is 0. The second-order valence-corrected chi connectivity index (χ2v) is 7.04. The largest absolute Gasteiger partial charge is 0.323 e. The van der Waals surface area contributed by atoms with E-state index in [0.717, 1.165) is 6.42 Å². The van der Waals surface area contributed by atoms with Gasteiger partial charge in [0, 0.05) is 11.1 Å². The van der Waals surface area contributed by atoms with Crippen molar-refractivity contribution in [1.29, 1.82) is 0 Å². The minimum absolute atomic E-state index is 0.302. The molecule has 0 spiro atoms. The summed E-state index contributed by atoms with van der Waals surface area (Å²) < 4.78 is 0. The lowest BCUT2D eigenvalue weighted by Gasteiger charge is -2.55. The van der Waals surface area contributed by atoms with Gasteiger partial charge in [0.15, 0.2) is 0 Å². The molecule has 0 aromatic heterocycles. The maximum atomic E-state index is 6.80. The average molecular weight is 242 g/mol. The van der Waals surface area contributed by atoms with E-state index < -0.39 is 0 Å². The van der Waals surface area contributed by atoms with E-state index in [0.29, 0.717) is 23.7 Å². The van der Waals surface area contributed by atoms with E-state index in [2.05, 4.69) is 55.4 Å². The van der Waals surface area contributed by atoms with Gasteiger partial charge in [0.1, 0.15) is 0 Å². The Morgan fingerprint density at radius 3 is 1.24 bits per heavy atom. The van der Waals surface area contributed by atoms with E-state index in [1.165, 1.54) is 0 Å². The first-order valence-corrected chi connectivity index (χ1v) is 7.07. The molecule has 0 saturated carbocycles. The number of hydrogen-bond acceptors (Lipinski definition) is 2. The molecule has 0 rings (SSSR count). The zero-order chi connectivity index (χ0) is 14.0. The molecule has 0 aromatic carbocycles. The van der Waals surface area contributed by atoms with E-state index in [-0.39, 0.29) is 11.1 Å². The van der Waals surface area contributed by atoms with Gasteiger partial charge in [-0.1, -0.05) is 55.4 Å². The van der Waals surface area contributed by atoms with Crippen LogP contribution in [-0.2, 0) is 0 Å². The summed E-state index contributed by atoms with van der Waals surface area (Å²) >= 11 is 0. The Labute approximate surface area is 109 Å². The highest BCUT2D eigenvalue weighted by Gasteiger charge is 2.51. The van der Waals surface area contributed by atoms with E-state index in [1.807, 2.05) is 0 Å². The molecule has 1 unspecified atom stereocenters. The van der Waals surface area contributed by atoms with Gasteiger partial charge in [-0.25, -0.2) is 0 Å². The first-order chi connectivity index (χ1) is 7.50. The summed E-state index contributed by atoms with van der Waals surface area (Å²) in [5, 5.41) is 0. The van der Waals surface area contributed by atoms with Crippen LogP contribution in [0.3, 0.4) is 0 Å². The lowest BCUT2D eigenvalue weighted by atomic mass is 9.58. The fourth-order valence-corrected chi connectivity index (χ4v) is 3.33. The lowest BCUT2D eigenvalue weighted by molar-refractivity contribution is 0.0496. The molecule has 0 aliphatic carbocycles. The summed E-state index contributed by atoms with van der Waals surface area (Å²) in [5.41, 5.74) is 13.0. The lowest BCUT2D eigenvalue weighted by Crippen LogP contribution is -2.73. The van der Waals surface area contributed by atoms with E-state index >= 15 is 0 Å². The molecule has 4 N–H and O–H groups in total. The highest BCUT2D eigenvalue weighted by molar-refractivity contribution is 5.12. The van der Waals surface area contributed by atoms with Crippen LogP contribution in [0.25, 0.3) is 0 Å². The van der Waals surface area contributed by atoms with Crippen molar-refractivity contribution >= 4 is 0 Å². The Morgan fingerprint density at radius 2 is 1.06 bits per heavy atom. The molecule has 104 valence electrons. The molecular weight excluding hydrogens is 208 g/mol. The highest BCUT2D eigenvalue weighted by Crippen LogP contribution is 2.41. The molecule has 0 amide bonds. The monoisotopic (exact) mass is 242 g/mol. The maximum absolute atomic E-state index is 6.80. The minimum atomic E-state index is -0.314. The number of hydrogen-bond donors (Lipinski definition) is 2. The van der Waals surface area contributed by atoms with E-state index in [4.69, 9.17) is 11.5 Å². The summed E-state index contributed by atoms with van der Waals surface area (Å²) in [5.74, 6) is 1.73. The van der Waals surface area contributed by atoms with Gasteiger partial charge in [-0.05, 0) is 30.1 Å². The van der Waals surface area contributed by atoms with Crippen LogP contribution in [0.2, 0.25) is 0 Å². The van der Waals surface area contributed by atoms with Crippen LogP contribution in [0.5, 0.6) is 0 Å². The van der Waals surface area contributed by atoms with Gasteiger partial charge in [0.05, 0.1) is 0 Å². The number of rotatable bonds is 6. The first kappa shape index (κ1) is 16.9. The summed E-state index contributed by atoms with van der Waals surface area (Å²) in [6.07, 6.45) is 0.984. The third-order valence-corrected chi connectivity index (χ3v) is 4.49. The quantitative estimate of drug-likeness (QED) is 0.750. The Bertz CT molecular complexity index is 223. The fraction of sp³-hybridized carbons (Fsp3) is 1.00. The van der Waals surface area contributed by atoms with Gasteiger partial charge in [0.2, 0.25) is 0 Å². The minimum Gasteiger partial charge on any atom is -0.323 e. The fourth-order valence-electron chi connectivity index (χ4n) is 3.33. The van der Waals surface area contributed by atoms with Gasteiger partial charge in [-0.2, -0.15) is 0 Å². The van der Waals surface area contributed by atoms with Crippen LogP contribution in [0.15, 0.2) is 0 Å². The number of nitrogens with two attached hydrogens (primary N) is 2. The molecule has 0 heterocycles. The Hall–Kier alpha value is -0.0800. The Balaban J connectivity index is 5.54. The van der Waals surface area contributed by atoms with E-state index in [1.54, 1.807) is 0 Å². The summed E-state index contributed by atoms with van der Waals surface area (Å²) in [4.78, 5) is 0. The van der Waals surface area contributed by atoms with Crippen molar-refractivity contribution in [1.82, 2.24) is 0 Å². The van der Waals surface area contributed by atoms with Gasteiger partial charge in [-0.15, -0.1) is 0 Å². The van der Waals surface area contributed by atoms with Crippen LogP contribution in [0.4, 0.5) is 0 Å². The SMILES string of the molecule is CC(C)CC(N)(C(C)C)C(N)(C(C)C)C(C)C. The van der Waals surface area contributed by atoms with Gasteiger partial charge in [-0.3, -0.25) is 0 Å². The normalized spacial score (nSPS) is 17.3.